The summed E-state index contributed by atoms with van der Waals surface area (Å²) >= 11 is 0. The van der Waals surface area contributed by atoms with Crippen LogP contribution in [0.2, 0.25) is 0 Å². The van der Waals surface area contributed by atoms with Gasteiger partial charge in [-0.2, -0.15) is 0 Å². The zero-order valence-electron chi connectivity index (χ0n) is 23.5. The molecule has 0 radical (unpaired) electrons. The van der Waals surface area contributed by atoms with Crippen LogP contribution in [0.1, 0.15) is 28.4 Å². The summed E-state index contributed by atoms with van der Waals surface area (Å²) in [7, 11) is 0. The third-order valence-corrected chi connectivity index (χ3v) is 6.62. The number of benzene rings is 3. The first-order valence-corrected chi connectivity index (χ1v) is 13.6. The van der Waals surface area contributed by atoms with Gasteiger partial charge in [0, 0.05) is 51.4 Å². The van der Waals surface area contributed by atoms with E-state index in [0.717, 1.165) is 50.4 Å². The summed E-state index contributed by atoms with van der Waals surface area (Å²) in [5.41, 5.74) is 4.23. The number of halogens is 2. The number of carboxylic acid groups (broad SMARTS) is 2. The van der Waals surface area contributed by atoms with Crippen molar-refractivity contribution >= 4 is 18.0 Å². The molecule has 42 heavy (non-hydrogen) atoms. The van der Waals surface area contributed by atoms with Crippen LogP contribution < -0.4 is 0 Å². The summed E-state index contributed by atoms with van der Waals surface area (Å²) in [6, 6.07) is 21.2. The third-order valence-electron chi connectivity index (χ3n) is 6.62. The molecule has 9 heteroatoms. The molecule has 1 heterocycles. The molecule has 0 atom stereocenters. The molecule has 2 N–H and O–H groups in total. The number of ether oxygens (including phenoxy) is 1. The quantitative estimate of drug-likeness (QED) is 0.294. The van der Waals surface area contributed by atoms with Crippen molar-refractivity contribution in [2.75, 3.05) is 45.9 Å². The largest absolute Gasteiger partial charge is 0.478 e. The Balaban J connectivity index is 0.000000531. The topological polar surface area (TPSA) is 90.3 Å². The second-order valence-corrected chi connectivity index (χ2v) is 9.82. The highest BCUT2D eigenvalue weighted by Gasteiger charge is 2.18. The first kappa shape index (κ1) is 32.3. The lowest BCUT2D eigenvalue weighted by molar-refractivity contribution is -0.134. The van der Waals surface area contributed by atoms with E-state index < -0.39 is 11.9 Å². The molecule has 1 aliphatic heterocycles. The smallest absolute Gasteiger partial charge is 0.328 e. The van der Waals surface area contributed by atoms with Gasteiger partial charge in [-0.1, -0.05) is 66.2 Å². The maximum atomic E-state index is 13.4. The number of nitrogens with zero attached hydrogens (tertiary/aromatic N) is 2. The highest BCUT2D eigenvalue weighted by Crippen LogP contribution is 2.26. The molecule has 0 amide bonds. The van der Waals surface area contributed by atoms with Crippen molar-refractivity contribution in [1.82, 2.24) is 9.80 Å². The van der Waals surface area contributed by atoms with E-state index in [1.54, 1.807) is 24.3 Å². The van der Waals surface area contributed by atoms with Crippen molar-refractivity contribution in [3.8, 4) is 0 Å². The minimum absolute atomic E-state index is 0.284. The molecule has 3 aromatic carbocycles. The fourth-order valence-corrected chi connectivity index (χ4v) is 4.31. The van der Waals surface area contributed by atoms with Gasteiger partial charge in [-0.3, -0.25) is 9.80 Å². The van der Waals surface area contributed by atoms with Crippen LogP contribution in [-0.2, 0) is 14.3 Å². The van der Waals surface area contributed by atoms with Crippen LogP contribution in [0.4, 0.5) is 8.78 Å². The molecule has 0 aromatic heterocycles. The van der Waals surface area contributed by atoms with Crippen LogP contribution >= 0.6 is 0 Å². The number of carboxylic acids is 2. The molecular weight excluding hydrogens is 542 g/mol. The Morgan fingerprint density at radius 3 is 1.74 bits per heavy atom. The summed E-state index contributed by atoms with van der Waals surface area (Å²) in [5.74, 6) is -3.08. The predicted octanol–water partition coefficient (Wildman–Crippen LogP) is 5.42. The zero-order valence-corrected chi connectivity index (χ0v) is 23.5. The van der Waals surface area contributed by atoms with Crippen molar-refractivity contribution < 1.29 is 33.3 Å². The number of hydrogen-bond donors (Lipinski definition) is 2. The van der Waals surface area contributed by atoms with E-state index >= 15 is 0 Å². The molecular formula is C33H36F2N2O5. The van der Waals surface area contributed by atoms with Crippen LogP contribution in [0.3, 0.4) is 0 Å². The molecule has 0 unspecified atom stereocenters. The molecule has 1 aliphatic rings. The van der Waals surface area contributed by atoms with Gasteiger partial charge in [-0.25, -0.2) is 18.4 Å². The van der Waals surface area contributed by atoms with E-state index in [2.05, 4.69) is 53.1 Å². The zero-order chi connectivity index (χ0) is 30.3. The maximum Gasteiger partial charge on any atom is 0.328 e. The van der Waals surface area contributed by atoms with E-state index in [4.69, 9.17) is 14.9 Å². The molecule has 4 rings (SSSR count). The van der Waals surface area contributed by atoms with Crippen LogP contribution in [0, 0.1) is 18.6 Å². The van der Waals surface area contributed by atoms with Gasteiger partial charge < -0.3 is 14.9 Å². The Bertz CT molecular complexity index is 1260. The van der Waals surface area contributed by atoms with Crippen molar-refractivity contribution in [3.05, 3.63) is 125 Å². The van der Waals surface area contributed by atoms with Gasteiger partial charge in [0.2, 0.25) is 0 Å². The van der Waals surface area contributed by atoms with Crippen molar-refractivity contribution in [2.24, 2.45) is 0 Å². The number of hydrogen-bond acceptors (Lipinski definition) is 5. The lowest BCUT2D eigenvalue weighted by Gasteiger charge is -2.34. The summed E-state index contributed by atoms with van der Waals surface area (Å²) in [5, 5.41) is 15.6. The van der Waals surface area contributed by atoms with Crippen LogP contribution in [0.5, 0.6) is 0 Å². The molecule has 0 spiro atoms. The molecule has 0 aliphatic carbocycles. The molecule has 7 nitrogen and oxygen atoms in total. The Morgan fingerprint density at radius 2 is 1.26 bits per heavy atom. The van der Waals surface area contributed by atoms with Crippen LogP contribution in [0.25, 0.3) is 6.08 Å². The first-order valence-electron chi connectivity index (χ1n) is 13.6. The van der Waals surface area contributed by atoms with Gasteiger partial charge >= 0.3 is 11.9 Å². The SMILES string of the molecule is Cc1ccc(C=CCN2CCN(CCOC(c3ccc(F)cc3)c3ccc(F)cc3)CC2)cc1.O=C(O)C=CC(=O)O. The summed E-state index contributed by atoms with van der Waals surface area (Å²) < 4.78 is 33.0. The summed E-state index contributed by atoms with van der Waals surface area (Å²) in [6.07, 6.45) is 5.18. The van der Waals surface area contributed by atoms with Crippen LogP contribution in [-0.4, -0.2) is 77.8 Å². The van der Waals surface area contributed by atoms with Gasteiger partial charge in [-0.05, 0) is 47.9 Å². The minimum atomic E-state index is -1.26. The predicted molar refractivity (Wildman–Crippen MR) is 158 cm³/mol. The average Bonchev–Trinajstić information content (AvgIpc) is 2.98. The van der Waals surface area contributed by atoms with Gasteiger partial charge in [0.1, 0.15) is 17.7 Å². The van der Waals surface area contributed by atoms with Gasteiger partial charge in [0.05, 0.1) is 6.61 Å². The highest BCUT2D eigenvalue weighted by molar-refractivity contribution is 5.89. The van der Waals surface area contributed by atoms with Crippen molar-refractivity contribution in [2.45, 2.75) is 13.0 Å². The van der Waals surface area contributed by atoms with E-state index in [-0.39, 0.29) is 17.7 Å². The molecule has 0 saturated carbocycles. The second kappa shape index (κ2) is 16.9. The van der Waals surface area contributed by atoms with E-state index in [9.17, 15) is 18.4 Å². The number of aliphatic carboxylic acids is 2. The Hall–Kier alpha value is -4.18. The Kier molecular flexibility index (Phi) is 13.0. The minimum Gasteiger partial charge on any atom is -0.478 e. The number of rotatable bonds is 11. The van der Waals surface area contributed by atoms with E-state index in [0.29, 0.717) is 18.8 Å². The fourth-order valence-electron chi connectivity index (χ4n) is 4.31. The van der Waals surface area contributed by atoms with Gasteiger partial charge in [0.15, 0.2) is 0 Å². The van der Waals surface area contributed by atoms with Gasteiger partial charge in [-0.15, -0.1) is 0 Å². The number of aryl methyl sites for hydroxylation is 1. The molecule has 1 saturated heterocycles. The van der Waals surface area contributed by atoms with Gasteiger partial charge in [0.25, 0.3) is 0 Å². The normalized spacial score (nSPS) is 14.3. The standard InChI is InChI=1S/C29H32F2N2O.C4H4O4/c1-23-4-6-24(7-5-23)3-2-16-32-17-19-33(20-18-32)21-22-34-29(25-8-12-27(30)13-9-25)26-10-14-28(31)15-11-26;5-3(6)1-2-4(7)8/h2-15,29H,16-22H2,1H3;1-2H,(H,5,6)(H,7,8). The monoisotopic (exact) mass is 578 g/mol. The van der Waals surface area contributed by atoms with E-state index in [1.807, 2.05) is 0 Å². The fraction of sp³-hybridized carbons (Fsp3) is 0.273. The van der Waals surface area contributed by atoms with Crippen molar-refractivity contribution in [3.63, 3.8) is 0 Å². The number of carbonyl (C=O) groups is 2. The second-order valence-electron chi connectivity index (χ2n) is 9.82. The highest BCUT2D eigenvalue weighted by atomic mass is 19.1. The number of piperazine rings is 1. The summed E-state index contributed by atoms with van der Waals surface area (Å²) in [6.45, 7) is 8.48. The maximum absolute atomic E-state index is 13.4. The third kappa shape index (κ3) is 11.7. The first-order chi connectivity index (χ1) is 20.2. The molecule has 1 fully saturated rings. The molecule has 3 aromatic rings. The van der Waals surface area contributed by atoms with Crippen LogP contribution in [0.15, 0.2) is 91.0 Å². The Labute approximate surface area is 245 Å². The summed E-state index contributed by atoms with van der Waals surface area (Å²) in [4.78, 5) is 24.0. The van der Waals surface area contributed by atoms with Crippen molar-refractivity contribution in [1.29, 1.82) is 0 Å². The van der Waals surface area contributed by atoms with E-state index in [1.165, 1.54) is 35.4 Å². The average molecular weight is 579 g/mol. The Morgan fingerprint density at radius 1 is 0.786 bits per heavy atom. The lowest BCUT2D eigenvalue weighted by atomic mass is 10.0. The molecule has 222 valence electrons. The molecule has 0 bridgehead atoms. The lowest BCUT2D eigenvalue weighted by Crippen LogP contribution is -2.47.